The molecule has 0 fully saturated rings. The highest BCUT2D eigenvalue weighted by molar-refractivity contribution is 6.34. The van der Waals surface area contributed by atoms with Crippen LogP contribution in [0.25, 0.3) is 0 Å². The van der Waals surface area contributed by atoms with Crippen LogP contribution in [0.15, 0.2) is 66.9 Å². The van der Waals surface area contributed by atoms with Crippen molar-refractivity contribution in [1.82, 2.24) is 4.98 Å². The lowest BCUT2D eigenvalue weighted by Gasteiger charge is -2.11. The van der Waals surface area contributed by atoms with Crippen molar-refractivity contribution in [1.29, 1.82) is 0 Å². The molecule has 0 bridgehead atoms. The molecule has 2 aromatic carbocycles. The van der Waals surface area contributed by atoms with Gasteiger partial charge in [0.05, 0.1) is 5.02 Å². The molecule has 26 heavy (non-hydrogen) atoms. The topological polar surface area (TPSA) is 43.4 Å². The molecule has 1 N–H and O–H groups in total. The molecule has 134 valence electrons. The monoisotopic (exact) mass is 388 g/mol. The van der Waals surface area contributed by atoms with Crippen molar-refractivity contribution >= 4 is 29.0 Å². The van der Waals surface area contributed by atoms with Crippen molar-refractivity contribution in [3.05, 3.63) is 82.5 Å². The van der Waals surface area contributed by atoms with E-state index in [4.69, 9.17) is 32.7 Å². The van der Waals surface area contributed by atoms with Crippen molar-refractivity contribution in [2.75, 3.05) is 18.5 Å². The molecule has 0 saturated heterocycles. The number of hydrogen-bond acceptors (Lipinski definition) is 4. The first-order valence-electron chi connectivity index (χ1n) is 8.15. The van der Waals surface area contributed by atoms with E-state index in [1.54, 1.807) is 24.4 Å². The Morgan fingerprint density at radius 2 is 1.77 bits per heavy atom. The van der Waals surface area contributed by atoms with Gasteiger partial charge in [-0.3, -0.25) is 0 Å². The van der Waals surface area contributed by atoms with Gasteiger partial charge in [0.2, 0.25) is 0 Å². The van der Waals surface area contributed by atoms with Crippen LogP contribution < -0.4 is 14.8 Å². The number of halogens is 2. The Morgan fingerprint density at radius 3 is 2.62 bits per heavy atom. The van der Waals surface area contributed by atoms with Crippen LogP contribution in [0.5, 0.6) is 11.5 Å². The lowest BCUT2D eigenvalue weighted by Crippen LogP contribution is -2.09. The minimum atomic E-state index is 0.372. The largest absolute Gasteiger partial charge is 0.490 e. The zero-order valence-corrected chi connectivity index (χ0v) is 15.5. The number of pyridine rings is 1. The Balaban J connectivity index is 1.47. The third-order valence-electron chi connectivity index (χ3n) is 3.54. The highest BCUT2D eigenvalue weighted by Gasteiger charge is 2.03. The zero-order chi connectivity index (χ0) is 18.2. The Hall–Kier alpha value is -2.43. The first-order valence-corrected chi connectivity index (χ1v) is 8.91. The van der Waals surface area contributed by atoms with E-state index < -0.39 is 0 Å². The molecule has 6 heteroatoms. The van der Waals surface area contributed by atoms with Gasteiger partial charge in [-0.1, -0.05) is 41.4 Å². The van der Waals surface area contributed by atoms with Crippen molar-refractivity contribution in [2.24, 2.45) is 0 Å². The normalized spacial score (nSPS) is 10.4. The van der Waals surface area contributed by atoms with E-state index in [2.05, 4.69) is 10.3 Å². The van der Waals surface area contributed by atoms with Crippen LogP contribution in [-0.2, 0) is 6.54 Å². The number of nitrogens with one attached hydrogen (secondary N) is 1. The molecule has 0 radical (unpaired) electrons. The fourth-order valence-corrected chi connectivity index (χ4v) is 2.64. The molecule has 0 aliphatic carbocycles. The van der Waals surface area contributed by atoms with E-state index in [-0.39, 0.29) is 0 Å². The fraction of sp³-hybridized carbons (Fsp3) is 0.150. The summed E-state index contributed by atoms with van der Waals surface area (Å²) in [4.78, 5) is 4.24. The Bertz CT molecular complexity index is 844. The molecule has 0 saturated carbocycles. The number of hydrogen-bond donors (Lipinski definition) is 1. The summed E-state index contributed by atoms with van der Waals surface area (Å²) in [5.41, 5.74) is 1.10. The van der Waals surface area contributed by atoms with Gasteiger partial charge < -0.3 is 14.8 Å². The number of benzene rings is 2. The van der Waals surface area contributed by atoms with Crippen molar-refractivity contribution in [2.45, 2.75) is 6.54 Å². The average molecular weight is 389 g/mol. The van der Waals surface area contributed by atoms with Crippen LogP contribution in [0.2, 0.25) is 10.0 Å². The van der Waals surface area contributed by atoms with Gasteiger partial charge >= 0.3 is 0 Å². The highest BCUT2D eigenvalue weighted by atomic mass is 35.5. The maximum absolute atomic E-state index is 6.06. The minimum absolute atomic E-state index is 0.372. The molecule has 1 aromatic heterocycles. The van der Waals surface area contributed by atoms with Crippen LogP contribution in [0, 0.1) is 0 Å². The van der Waals surface area contributed by atoms with E-state index in [9.17, 15) is 0 Å². The number of anilines is 1. The zero-order valence-electron chi connectivity index (χ0n) is 14.0. The predicted molar refractivity (Wildman–Crippen MR) is 105 cm³/mol. The summed E-state index contributed by atoms with van der Waals surface area (Å²) in [6.45, 7) is 1.44. The summed E-state index contributed by atoms with van der Waals surface area (Å²) >= 11 is 12.0. The van der Waals surface area contributed by atoms with E-state index in [0.717, 1.165) is 17.1 Å². The smallest absolute Gasteiger partial charge is 0.139 e. The molecule has 4 nitrogen and oxygen atoms in total. The van der Waals surface area contributed by atoms with Gasteiger partial charge in [0, 0.05) is 23.8 Å². The lowest BCUT2D eigenvalue weighted by atomic mass is 10.2. The van der Waals surface area contributed by atoms with Crippen LogP contribution in [0.1, 0.15) is 5.56 Å². The molecule has 0 atom stereocenters. The third kappa shape index (κ3) is 5.55. The van der Waals surface area contributed by atoms with Crippen LogP contribution in [-0.4, -0.2) is 18.2 Å². The molecule has 1 heterocycles. The van der Waals surface area contributed by atoms with Crippen molar-refractivity contribution in [3.63, 3.8) is 0 Å². The molecule has 0 aliphatic rings. The van der Waals surface area contributed by atoms with Gasteiger partial charge in [-0.2, -0.15) is 0 Å². The summed E-state index contributed by atoms with van der Waals surface area (Å²) in [5.74, 6) is 2.17. The van der Waals surface area contributed by atoms with E-state index in [1.807, 2.05) is 42.5 Å². The van der Waals surface area contributed by atoms with E-state index >= 15 is 0 Å². The summed E-state index contributed by atoms with van der Waals surface area (Å²) < 4.78 is 11.4. The van der Waals surface area contributed by atoms with E-state index in [1.165, 1.54) is 0 Å². The van der Waals surface area contributed by atoms with Gasteiger partial charge in [0.25, 0.3) is 0 Å². The van der Waals surface area contributed by atoms with Gasteiger partial charge in [-0.25, -0.2) is 4.98 Å². The van der Waals surface area contributed by atoms with Gasteiger partial charge in [-0.15, -0.1) is 0 Å². The van der Waals surface area contributed by atoms with Crippen molar-refractivity contribution < 1.29 is 9.47 Å². The SMILES string of the molecule is Clc1ccc(Cl)c(OCCOc2cccc(CNc3ccccn3)c2)c1. The Kier molecular flexibility index (Phi) is 6.58. The summed E-state index contributed by atoms with van der Waals surface area (Å²) in [7, 11) is 0. The molecule has 0 spiro atoms. The summed E-state index contributed by atoms with van der Waals surface area (Å²) in [6, 6.07) is 18.8. The highest BCUT2D eigenvalue weighted by Crippen LogP contribution is 2.27. The predicted octanol–water partition coefficient (Wildman–Crippen LogP) is 5.46. The van der Waals surface area contributed by atoms with E-state index in [0.29, 0.717) is 35.6 Å². The molecule has 0 amide bonds. The minimum Gasteiger partial charge on any atom is -0.490 e. The summed E-state index contributed by atoms with van der Waals surface area (Å²) in [5, 5.41) is 4.38. The van der Waals surface area contributed by atoms with Gasteiger partial charge in [-0.05, 0) is 42.0 Å². The molecule has 0 unspecified atom stereocenters. The first-order chi connectivity index (χ1) is 12.7. The maximum atomic E-state index is 6.06. The second-order valence-electron chi connectivity index (χ2n) is 5.49. The van der Waals surface area contributed by atoms with Gasteiger partial charge in [0.15, 0.2) is 0 Å². The Morgan fingerprint density at radius 1 is 0.885 bits per heavy atom. The quantitative estimate of drug-likeness (QED) is 0.520. The second-order valence-corrected chi connectivity index (χ2v) is 6.33. The van der Waals surface area contributed by atoms with Crippen LogP contribution in [0.3, 0.4) is 0 Å². The summed E-state index contributed by atoms with van der Waals surface area (Å²) in [6.07, 6.45) is 1.76. The molecule has 3 aromatic rings. The van der Waals surface area contributed by atoms with Gasteiger partial charge in [0.1, 0.15) is 30.5 Å². The molecular weight excluding hydrogens is 371 g/mol. The molecular formula is C20H18Cl2N2O2. The maximum Gasteiger partial charge on any atom is 0.139 e. The average Bonchev–Trinajstić information content (AvgIpc) is 2.67. The standard InChI is InChI=1S/C20H18Cl2N2O2/c21-16-7-8-18(22)19(13-16)26-11-10-25-17-5-3-4-15(12-17)14-24-20-6-1-2-9-23-20/h1-9,12-13H,10-11,14H2,(H,23,24). The number of rotatable bonds is 8. The number of ether oxygens (including phenoxy) is 2. The number of aromatic nitrogens is 1. The second kappa shape index (κ2) is 9.32. The third-order valence-corrected chi connectivity index (χ3v) is 4.09. The molecule has 3 rings (SSSR count). The number of nitrogens with zero attached hydrogens (tertiary/aromatic N) is 1. The Labute approximate surface area is 162 Å². The van der Waals surface area contributed by atoms with Crippen LogP contribution in [0.4, 0.5) is 5.82 Å². The first kappa shape index (κ1) is 18.4. The lowest BCUT2D eigenvalue weighted by molar-refractivity contribution is 0.217. The van der Waals surface area contributed by atoms with Crippen LogP contribution >= 0.6 is 23.2 Å². The molecule has 0 aliphatic heterocycles. The van der Waals surface area contributed by atoms with Crippen molar-refractivity contribution in [3.8, 4) is 11.5 Å². The fourth-order valence-electron chi connectivity index (χ4n) is 2.30.